The van der Waals surface area contributed by atoms with Gasteiger partial charge in [-0.15, -0.1) is 0 Å². The first-order chi connectivity index (χ1) is 13.2. The van der Waals surface area contributed by atoms with Crippen LogP contribution in [0.1, 0.15) is 64.2 Å². The predicted octanol–water partition coefficient (Wildman–Crippen LogP) is 8.68. The Bertz CT molecular complexity index is 574. The molecule has 0 spiro atoms. The molecule has 0 aromatic heterocycles. The SMILES string of the molecule is C[Si](C)(C)C1C=C(CCC2=CC([Si](C)(C)C)C3CCCCC23)C2CCCCC21. The van der Waals surface area contributed by atoms with Gasteiger partial charge >= 0.3 is 0 Å². The van der Waals surface area contributed by atoms with E-state index < -0.39 is 16.1 Å². The predicted molar refractivity (Wildman–Crippen MR) is 130 cm³/mol. The number of allylic oxidation sites excluding steroid dienone is 4. The molecule has 4 aliphatic carbocycles. The highest BCUT2D eigenvalue weighted by Gasteiger charge is 2.45. The molecular formula is C26H46Si2. The van der Waals surface area contributed by atoms with Gasteiger partial charge < -0.3 is 0 Å². The highest BCUT2D eigenvalue weighted by Crippen LogP contribution is 2.56. The van der Waals surface area contributed by atoms with Gasteiger partial charge in [-0.25, -0.2) is 0 Å². The topological polar surface area (TPSA) is 0 Å². The molecule has 6 unspecified atom stereocenters. The summed E-state index contributed by atoms with van der Waals surface area (Å²) in [6.45, 7) is 15.7. The highest BCUT2D eigenvalue weighted by atomic mass is 28.3. The van der Waals surface area contributed by atoms with Crippen molar-refractivity contribution in [1.82, 2.24) is 0 Å². The number of rotatable bonds is 5. The molecule has 0 bridgehead atoms. The van der Waals surface area contributed by atoms with Crippen LogP contribution in [-0.2, 0) is 0 Å². The van der Waals surface area contributed by atoms with Crippen molar-refractivity contribution in [3.63, 3.8) is 0 Å². The lowest BCUT2D eigenvalue weighted by Gasteiger charge is -2.37. The summed E-state index contributed by atoms with van der Waals surface area (Å²) in [7, 11) is -2.17. The second kappa shape index (κ2) is 7.87. The zero-order valence-electron chi connectivity index (χ0n) is 19.7. The van der Waals surface area contributed by atoms with Gasteiger partial charge in [0.25, 0.3) is 0 Å². The maximum absolute atomic E-state index is 2.84. The van der Waals surface area contributed by atoms with E-state index in [9.17, 15) is 0 Å². The van der Waals surface area contributed by atoms with Gasteiger partial charge in [0.1, 0.15) is 0 Å². The summed E-state index contributed by atoms with van der Waals surface area (Å²) in [5, 5.41) is 0. The van der Waals surface area contributed by atoms with Crippen LogP contribution < -0.4 is 0 Å². The van der Waals surface area contributed by atoms with Gasteiger partial charge in [-0.2, -0.15) is 0 Å². The lowest BCUT2D eigenvalue weighted by atomic mass is 9.75. The average Bonchev–Trinajstić information content (AvgIpc) is 3.18. The number of hydrogen-bond donors (Lipinski definition) is 0. The molecule has 2 saturated carbocycles. The molecule has 0 amide bonds. The van der Waals surface area contributed by atoms with E-state index >= 15 is 0 Å². The van der Waals surface area contributed by atoms with Crippen LogP contribution in [0.2, 0.25) is 50.4 Å². The van der Waals surface area contributed by atoms with E-state index in [-0.39, 0.29) is 0 Å². The van der Waals surface area contributed by atoms with E-state index in [1.165, 1.54) is 64.2 Å². The normalized spacial score (nSPS) is 38.6. The minimum Gasteiger partial charge on any atom is -0.0843 e. The third kappa shape index (κ3) is 4.06. The average molecular weight is 415 g/mol. The molecule has 4 aliphatic rings. The Morgan fingerprint density at radius 2 is 0.964 bits per heavy atom. The van der Waals surface area contributed by atoms with Crippen LogP contribution in [0.15, 0.2) is 23.3 Å². The largest absolute Gasteiger partial charge is 0.0843 e. The zero-order valence-corrected chi connectivity index (χ0v) is 21.7. The molecule has 0 radical (unpaired) electrons. The van der Waals surface area contributed by atoms with Crippen molar-refractivity contribution < 1.29 is 0 Å². The number of fused-ring (bicyclic) bond motifs is 2. The van der Waals surface area contributed by atoms with Gasteiger partial charge in [0.15, 0.2) is 0 Å². The minimum atomic E-state index is -1.08. The fraction of sp³-hybridized carbons (Fsp3) is 0.846. The molecule has 28 heavy (non-hydrogen) atoms. The molecule has 0 aromatic rings. The Balaban J connectivity index is 1.50. The number of hydrogen-bond acceptors (Lipinski definition) is 0. The summed E-state index contributed by atoms with van der Waals surface area (Å²) < 4.78 is 0. The van der Waals surface area contributed by atoms with Crippen molar-refractivity contribution in [3.8, 4) is 0 Å². The summed E-state index contributed by atoms with van der Waals surface area (Å²) >= 11 is 0. The molecule has 2 heteroatoms. The molecule has 0 saturated heterocycles. The van der Waals surface area contributed by atoms with E-state index in [0.717, 1.165) is 34.8 Å². The second-order valence-electron chi connectivity index (χ2n) is 12.9. The molecule has 0 nitrogen and oxygen atoms in total. The lowest BCUT2D eigenvalue weighted by Crippen LogP contribution is -2.33. The van der Waals surface area contributed by atoms with Crippen LogP contribution in [0, 0.1) is 23.7 Å². The maximum Gasteiger partial charge on any atom is 0.0517 e. The Labute approximate surface area is 177 Å². The van der Waals surface area contributed by atoms with Crippen molar-refractivity contribution in [2.45, 2.75) is 115 Å². The molecule has 4 rings (SSSR count). The van der Waals surface area contributed by atoms with Crippen molar-refractivity contribution >= 4 is 16.1 Å². The van der Waals surface area contributed by atoms with Crippen molar-refractivity contribution in [1.29, 1.82) is 0 Å². The Hall–Kier alpha value is -0.0862. The summed E-state index contributed by atoms with van der Waals surface area (Å²) in [6.07, 6.45) is 20.5. The summed E-state index contributed by atoms with van der Waals surface area (Å²) in [6, 6.07) is 0. The first-order valence-electron chi connectivity index (χ1n) is 12.6. The Morgan fingerprint density at radius 3 is 1.32 bits per heavy atom. The fourth-order valence-electron chi connectivity index (χ4n) is 7.67. The molecule has 158 valence electrons. The first kappa shape index (κ1) is 21.2. The monoisotopic (exact) mass is 414 g/mol. The van der Waals surface area contributed by atoms with Gasteiger partial charge in [0, 0.05) is 0 Å². The maximum atomic E-state index is 2.84. The van der Waals surface area contributed by atoms with Crippen LogP contribution in [0.5, 0.6) is 0 Å². The zero-order chi connectivity index (χ0) is 20.1. The standard InChI is InChI=1S/C26H46Si2/c1-27(2,3)25-17-19(21-11-7-9-13-23(21)25)15-16-20-18-26(28(4,5)6)24-14-10-8-12-22(20)24/h17-18,21-26H,7-16H2,1-6H3. The molecule has 6 atom stereocenters. The first-order valence-corrected chi connectivity index (χ1v) is 19.7. The molecular weight excluding hydrogens is 368 g/mol. The summed E-state index contributed by atoms with van der Waals surface area (Å²) in [5.41, 5.74) is 5.73. The van der Waals surface area contributed by atoms with E-state index in [1.54, 1.807) is 0 Å². The second-order valence-corrected chi connectivity index (χ2v) is 23.7. The molecule has 0 aromatic carbocycles. The van der Waals surface area contributed by atoms with Crippen LogP contribution in [0.3, 0.4) is 0 Å². The van der Waals surface area contributed by atoms with E-state index in [4.69, 9.17) is 0 Å². The van der Waals surface area contributed by atoms with Gasteiger partial charge in [0.05, 0.1) is 16.1 Å². The molecule has 0 aliphatic heterocycles. The van der Waals surface area contributed by atoms with Gasteiger partial charge in [-0.05, 0) is 73.3 Å². The van der Waals surface area contributed by atoms with Gasteiger partial charge in [-0.3, -0.25) is 0 Å². The highest BCUT2D eigenvalue weighted by molar-refractivity contribution is 6.78. The third-order valence-electron chi connectivity index (χ3n) is 9.00. The fourth-order valence-corrected chi connectivity index (χ4v) is 12.5. The van der Waals surface area contributed by atoms with Gasteiger partial charge in [0.2, 0.25) is 0 Å². The third-order valence-corrected chi connectivity index (χ3v) is 14.2. The van der Waals surface area contributed by atoms with Crippen LogP contribution in [0.25, 0.3) is 0 Å². The van der Waals surface area contributed by atoms with E-state index in [0.29, 0.717) is 0 Å². The summed E-state index contributed by atoms with van der Waals surface area (Å²) in [5.74, 6) is 3.96. The van der Waals surface area contributed by atoms with Crippen LogP contribution in [0.4, 0.5) is 0 Å². The van der Waals surface area contributed by atoms with Crippen molar-refractivity contribution in [2.24, 2.45) is 23.7 Å². The van der Waals surface area contributed by atoms with Crippen LogP contribution in [-0.4, -0.2) is 16.1 Å². The smallest absolute Gasteiger partial charge is 0.0517 e. The Kier molecular flexibility index (Phi) is 5.95. The summed E-state index contributed by atoms with van der Waals surface area (Å²) in [4.78, 5) is 0. The Morgan fingerprint density at radius 1 is 0.607 bits per heavy atom. The van der Waals surface area contributed by atoms with Crippen molar-refractivity contribution in [3.05, 3.63) is 23.3 Å². The lowest BCUT2D eigenvalue weighted by molar-refractivity contribution is 0.280. The van der Waals surface area contributed by atoms with E-state index in [1.807, 2.05) is 11.1 Å². The minimum absolute atomic E-state index is 0.961. The van der Waals surface area contributed by atoms with E-state index in [2.05, 4.69) is 51.4 Å². The van der Waals surface area contributed by atoms with Crippen molar-refractivity contribution in [2.75, 3.05) is 0 Å². The quantitative estimate of drug-likeness (QED) is 0.312. The van der Waals surface area contributed by atoms with Gasteiger partial charge in [-0.1, -0.05) is 88.3 Å². The molecule has 0 N–H and O–H groups in total. The molecule has 2 fully saturated rings. The van der Waals surface area contributed by atoms with Crippen LogP contribution >= 0.6 is 0 Å². The molecule has 0 heterocycles.